The Morgan fingerprint density at radius 2 is 1.71 bits per heavy atom. The van der Waals surface area contributed by atoms with Gasteiger partial charge in [-0.2, -0.15) is 0 Å². The third kappa shape index (κ3) is 4.03. The zero-order valence-corrected chi connectivity index (χ0v) is 19.3. The number of sulfonamides is 1. The first kappa shape index (κ1) is 23.1. The molecule has 0 unspecified atom stereocenters. The van der Waals surface area contributed by atoms with Gasteiger partial charge in [0, 0.05) is 16.2 Å². The summed E-state index contributed by atoms with van der Waals surface area (Å²) in [5, 5.41) is 20.4. The maximum Gasteiger partial charge on any atom is 0.342 e. The first-order valence-electron chi connectivity index (χ1n) is 10.2. The topological polar surface area (TPSA) is 143 Å². The van der Waals surface area contributed by atoms with E-state index in [0.29, 0.717) is 27.5 Å². The lowest BCUT2D eigenvalue weighted by Gasteiger charge is -2.13. The fourth-order valence-corrected chi connectivity index (χ4v) is 4.80. The van der Waals surface area contributed by atoms with Crippen LogP contribution in [0, 0.1) is 6.92 Å². The SMILES string of the molecule is Cc1oc2c(cc(NS(=O)(=O)c3ccc(O)c(C(=O)O)c3)c3ccccc32)c1C(=O)OC(C)C. The van der Waals surface area contributed by atoms with Gasteiger partial charge in [-0.3, -0.25) is 4.72 Å². The molecule has 0 aliphatic carbocycles. The molecule has 0 saturated carbocycles. The fraction of sp³-hybridized carbons (Fsp3) is 0.167. The molecule has 0 radical (unpaired) electrons. The number of hydrogen-bond donors (Lipinski definition) is 3. The summed E-state index contributed by atoms with van der Waals surface area (Å²) >= 11 is 0. The van der Waals surface area contributed by atoms with Crippen LogP contribution in [-0.4, -0.2) is 36.7 Å². The van der Waals surface area contributed by atoms with E-state index < -0.39 is 33.3 Å². The van der Waals surface area contributed by atoms with Gasteiger partial charge in [0.05, 0.1) is 16.7 Å². The second-order valence-electron chi connectivity index (χ2n) is 7.92. The highest BCUT2D eigenvalue weighted by molar-refractivity contribution is 7.92. The normalized spacial score (nSPS) is 11.8. The molecule has 0 spiro atoms. The van der Waals surface area contributed by atoms with Crippen LogP contribution >= 0.6 is 0 Å². The number of carbonyl (C=O) groups is 2. The molecular weight excluding hydrogens is 462 g/mol. The lowest BCUT2D eigenvalue weighted by Crippen LogP contribution is -2.14. The number of fused-ring (bicyclic) bond motifs is 3. The number of benzene rings is 3. The predicted molar refractivity (Wildman–Crippen MR) is 125 cm³/mol. The largest absolute Gasteiger partial charge is 0.507 e. The van der Waals surface area contributed by atoms with Gasteiger partial charge in [-0.05, 0) is 45.0 Å². The van der Waals surface area contributed by atoms with Crippen LogP contribution in [0.1, 0.15) is 40.3 Å². The van der Waals surface area contributed by atoms with E-state index in [9.17, 15) is 28.2 Å². The maximum absolute atomic E-state index is 13.1. The molecule has 3 N–H and O–H groups in total. The summed E-state index contributed by atoms with van der Waals surface area (Å²) in [5.41, 5.74) is 0.206. The number of aromatic hydroxyl groups is 1. The molecule has 1 aromatic heterocycles. The van der Waals surface area contributed by atoms with Crippen molar-refractivity contribution in [3.05, 3.63) is 65.4 Å². The van der Waals surface area contributed by atoms with E-state index in [4.69, 9.17) is 9.15 Å². The molecule has 176 valence electrons. The van der Waals surface area contributed by atoms with Crippen LogP contribution in [0.2, 0.25) is 0 Å². The van der Waals surface area contributed by atoms with Crippen LogP contribution in [0.3, 0.4) is 0 Å². The van der Waals surface area contributed by atoms with Gasteiger partial charge in [-0.1, -0.05) is 24.3 Å². The number of carboxylic acids is 1. The van der Waals surface area contributed by atoms with Gasteiger partial charge < -0.3 is 19.4 Å². The van der Waals surface area contributed by atoms with Crippen molar-refractivity contribution in [2.45, 2.75) is 31.8 Å². The molecule has 1 heterocycles. The highest BCUT2D eigenvalue weighted by atomic mass is 32.2. The molecule has 4 rings (SSSR count). The summed E-state index contributed by atoms with van der Waals surface area (Å²) in [5.74, 6) is -2.29. The third-order valence-electron chi connectivity index (χ3n) is 5.17. The number of nitrogens with one attached hydrogen (secondary N) is 1. The highest BCUT2D eigenvalue weighted by Gasteiger charge is 2.25. The van der Waals surface area contributed by atoms with Crippen molar-refractivity contribution in [2.75, 3.05) is 4.72 Å². The molecular formula is C24H21NO8S. The molecule has 10 heteroatoms. The minimum atomic E-state index is -4.26. The van der Waals surface area contributed by atoms with Crippen molar-refractivity contribution in [1.82, 2.24) is 0 Å². The number of carbonyl (C=O) groups excluding carboxylic acids is 1. The Morgan fingerprint density at radius 1 is 1.03 bits per heavy atom. The summed E-state index contributed by atoms with van der Waals surface area (Å²) in [7, 11) is -4.26. The van der Waals surface area contributed by atoms with Gasteiger partial charge >= 0.3 is 11.9 Å². The molecule has 0 aliphatic heterocycles. The Labute approximate surface area is 194 Å². The summed E-state index contributed by atoms with van der Waals surface area (Å²) in [6.45, 7) is 5.06. The van der Waals surface area contributed by atoms with E-state index in [1.54, 1.807) is 45.0 Å². The van der Waals surface area contributed by atoms with Gasteiger partial charge in [-0.15, -0.1) is 0 Å². The zero-order chi connectivity index (χ0) is 24.8. The molecule has 0 bridgehead atoms. The standard InChI is InChI=1S/C24H21NO8S/c1-12(2)32-24(29)21-13(3)33-22-16-7-5-4-6-15(16)19(11-18(21)22)25-34(30,31)14-8-9-20(26)17(10-14)23(27)28/h4-12,25-26H,1-3H3,(H,27,28). The third-order valence-corrected chi connectivity index (χ3v) is 6.53. The predicted octanol–water partition coefficient (Wildman–Crippen LogP) is 4.66. The first-order valence-corrected chi connectivity index (χ1v) is 11.7. The average Bonchev–Trinajstić information content (AvgIpc) is 3.09. The quantitative estimate of drug-likeness (QED) is 0.336. The number of anilines is 1. The fourth-order valence-electron chi connectivity index (χ4n) is 3.71. The van der Waals surface area contributed by atoms with Crippen LogP contribution in [-0.2, 0) is 14.8 Å². The number of ether oxygens (including phenoxy) is 1. The van der Waals surface area contributed by atoms with Crippen LogP contribution in [0.5, 0.6) is 5.75 Å². The molecule has 0 fully saturated rings. The van der Waals surface area contributed by atoms with E-state index in [0.717, 1.165) is 18.2 Å². The summed E-state index contributed by atoms with van der Waals surface area (Å²) in [6, 6.07) is 11.4. The van der Waals surface area contributed by atoms with Gasteiger partial charge in [0.25, 0.3) is 10.0 Å². The Hall–Kier alpha value is -4.05. The van der Waals surface area contributed by atoms with Crippen molar-refractivity contribution in [3.8, 4) is 5.75 Å². The number of carboxylic acid groups (broad SMARTS) is 1. The number of phenols is 1. The highest BCUT2D eigenvalue weighted by Crippen LogP contribution is 2.38. The zero-order valence-electron chi connectivity index (χ0n) is 18.4. The second kappa shape index (κ2) is 8.38. The second-order valence-corrected chi connectivity index (χ2v) is 9.61. The number of rotatable bonds is 6. The Kier molecular flexibility index (Phi) is 5.70. The Morgan fingerprint density at radius 3 is 2.35 bits per heavy atom. The molecule has 0 saturated heterocycles. The van der Waals surface area contributed by atoms with E-state index in [1.165, 1.54) is 6.07 Å². The molecule has 9 nitrogen and oxygen atoms in total. The minimum absolute atomic E-state index is 0.160. The lowest BCUT2D eigenvalue weighted by atomic mass is 10.0. The summed E-state index contributed by atoms with van der Waals surface area (Å²) in [6.07, 6.45) is -0.367. The van der Waals surface area contributed by atoms with E-state index in [-0.39, 0.29) is 22.3 Å². The average molecular weight is 483 g/mol. The van der Waals surface area contributed by atoms with E-state index >= 15 is 0 Å². The number of hydrogen-bond acceptors (Lipinski definition) is 7. The number of esters is 1. The van der Waals surface area contributed by atoms with Crippen molar-refractivity contribution in [1.29, 1.82) is 0 Å². The smallest absolute Gasteiger partial charge is 0.342 e. The number of aryl methyl sites for hydroxylation is 1. The molecule has 0 aliphatic rings. The van der Waals surface area contributed by atoms with E-state index in [1.807, 2.05) is 0 Å². The number of aromatic carboxylic acids is 1. The monoisotopic (exact) mass is 483 g/mol. The van der Waals surface area contributed by atoms with Gasteiger partial charge in [-0.25, -0.2) is 18.0 Å². The molecule has 4 aromatic rings. The van der Waals surface area contributed by atoms with Crippen molar-refractivity contribution < 1.29 is 37.4 Å². The van der Waals surface area contributed by atoms with Crippen molar-refractivity contribution in [3.63, 3.8) is 0 Å². The van der Waals surface area contributed by atoms with Crippen LogP contribution in [0.4, 0.5) is 5.69 Å². The van der Waals surface area contributed by atoms with Gasteiger partial charge in [0.15, 0.2) is 0 Å². The maximum atomic E-state index is 13.1. The molecule has 0 amide bonds. The molecule has 34 heavy (non-hydrogen) atoms. The van der Waals surface area contributed by atoms with Crippen LogP contribution < -0.4 is 4.72 Å². The van der Waals surface area contributed by atoms with Crippen LogP contribution in [0.25, 0.3) is 21.7 Å². The van der Waals surface area contributed by atoms with Crippen molar-refractivity contribution in [2.24, 2.45) is 0 Å². The minimum Gasteiger partial charge on any atom is -0.507 e. The Balaban J connectivity index is 1.91. The van der Waals surface area contributed by atoms with E-state index in [2.05, 4.69) is 4.72 Å². The van der Waals surface area contributed by atoms with Gasteiger partial charge in [0.1, 0.15) is 28.2 Å². The summed E-state index contributed by atoms with van der Waals surface area (Å²) < 4.78 is 40.0. The first-order chi connectivity index (χ1) is 16.0. The lowest BCUT2D eigenvalue weighted by molar-refractivity contribution is 0.0377. The number of furan rings is 1. The van der Waals surface area contributed by atoms with Gasteiger partial charge in [0.2, 0.25) is 0 Å². The Bertz CT molecular complexity index is 1570. The van der Waals surface area contributed by atoms with Crippen LogP contribution in [0.15, 0.2) is 57.8 Å². The molecule has 0 atom stereocenters. The summed E-state index contributed by atoms with van der Waals surface area (Å²) in [4.78, 5) is 23.7. The van der Waals surface area contributed by atoms with Crippen molar-refractivity contribution >= 4 is 49.4 Å². The molecule has 3 aromatic carbocycles.